The van der Waals surface area contributed by atoms with Crippen molar-refractivity contribution in [1.29, 1.82) is 0 Å². The summed E-state index contributed by atoms with van der Waals surface area (Å²) in [5.74, 6) is 0.279. The van der Waals surface area contributed by atoms with E-state index in [4.69, 9.17) is 4.74 Å². The molecule has 6 nitrogen and oxygen atoms in total. The molecule has 0 atom stereocenters. The third-order valence-electron chi connectivity index (χ3n) is 4.08. The van der Waals surface area contributed by atoms with Gasteiger partial charge >= 0.3 is 15.5 Å². The van der Waals surface area contributed by atoms with Crippen molar-refractivity contribution in [1.82, 2.24) is 4.90 Å². The summed E-state index contributed by atoms with van der Waals surface area (Å²) < 4.78 is 66.1. The molecule has 0 fully saturated rings. The van der Waals surface area contributed by atoms with Gasteiger partial charge in [0.1, 0.15) is 5.75 Å². The molecule has 1 N–H and O–H groups in total. The van der Waals surface area contributed by atoms with Crippen LogP contribution in [0.15, 0.2) is 42.5 Å². The Bertz CT molecular complexity index is 973. The molecule has 0 spiro atoms. The maximum atomic E-state index is 12.6. The number of benzene rings is 2. The summed E-state index contributed by atoms with van der Waals surface area (Å²) in [5, 5.41) is 0. The van der Waals surface area contributed by atoms with Crippen LogP contribution in [0, 0.1) is 0 Å². The van der Waals surface area contributed by atoms with Gasteiger partial charge in [-0.05, 0) is 29.3 Å². The van der Waals surface area contributed by atoms with Crippen LogP contribution in [-0.4, -0.2) is 31.8 Å². The van der Waals surface area contributed by atoms with Gasteiger partial charge in [0.2, 0.25) is 0 Å². The lowest BCUT2D eigenvalue weighted by atomic mass is 10.1. The zero-order valence-electron chi connectivity index (χ0n) is 14.1. The summed E-state index contributed by atoms with van der Waals surface area (Å²) in [6.45, 7) is 0.608. The summed E-state index contributed by atoms with van der Waals surface area (Å²) in [6.07, 6.45) is 0. The zero-order chi connectivity index (χ0) is 19.8. The Morgan fingerprint density at radius 2 is 1.81 bits per heavy atom. The second-order valence-electron chi connectivity index (χ2n) is 5.90. The van der Waals surface area contributed by atoms with Crippen LogP contribution >= 0.6 is 0 Å². The van der Waals surface area contributed by atoms with E-state index in [1.165, 1.54) is 36.1 Å². The van der Waals surface area contributed by atoms with Crippen molar-refractivity contribution in [2.45, 2.75) is 18.6 Å². The predicted octanol–water partition coefficient (Wildman–Crippen LogP) is 3.11. The molecule has 0 saturated carbocycles. The number of ether oxygens (including phenoxy) is 1. The monoisotopic (exact) mass is 400 g/mol. The number of carbonyl (C=O) groups is 1. The highest BCUT2D eigenvalue weighted by Crippen LogP contribution is 2.32. The number of rotatable bonds is 5. The van der Waals surface area contributed by atoms with Gasteiger partial charge in [-0.15, -0.1) is 0 Å². The van der Waals surface area contributed by atoms with Crippen molar-refractivity contribution in [3.63, 3.8) is 0 Å². The van der Waals surface area contributed by atoms with E-state index in [2.05, 4.69) is 0 Å². The third-order valence-corrected chi connectivity index (χ3v) is 5.19. The van der Waals surface area contributed by atoms with Crippen LogP contribution in [0.4, 0.5) is 18.9 Å². The molecule has 10 heteroatoms. The molecule has 144 valence electrons. The van der Waals surface area contributed by atoms with E-state index in [1.54, 1.807) is 17.0 Å². The first-order chi connectivity index (χ1) is 12.6. The quantitative estimate of drug-likeness (QED) is 0.837. The predicted molar refractivity (Wildman–Crippen MR) is 91.6 cm³/mol. The fraction of sp³-hybridized carbons (Fsp3) is 0.235. The molecule has 3 rings (SSSR count). The molecule has 0 saturated heterocycles. The Kier molecular flexibility index (Phi) is 4.77. The van der Waals surface area contributed by atoms with Crippen LogP contribution in [0.1, 0.15) is 21.5 Å². The Labute approximate surface area is 153 Å². The number of amides is 1. The van der Waals surface area contributed by atoms with Crippen molar-refractivity contribution in [2.75, 3.05) is 11.8 Å². The lowest BCUT2D eigenvalue weighted by Crippen LogP contribution is -2.29. The van der Waals surface area contributed by atoms with E-state index >= 15 is 0 Å². The second-order valence-corrected chi connectivity index (χ2v) is 7.58. The van der Waals surface area contributed by atoms with E-state index in [9.17, 15) is 26.4 Å². The molecule has 2 aromatic rings. The van der Waals surface area contributed by atoms with Crippen molar-refractivity contribution in [3.8, 4) is 5.75 Å². The van der Waals surface area contributed by atoms with E-state index in [-0.39, 0.29) is 18.1 Å². The highest BCUT2D eigenvalue weighted by Gasteiger charge is 2.46. The summed E-state index contributed by atoms with van der Waals surface area (Å²) in [6, 6.07) is 10.7. The second kappa shape index (κ2) is 6.76. The summed E-state index contributed by atoms with van der Waals surface area (Å²) in [5.41, 5.74) is -3.64. The minimum absolute atomic E-state index is 0.204. The molecule has 1 aliphatic heterocycles. The Hall–Kier alpha value is -2.75. The number of methoxy groups -OCH3 is 1. The minimum Gasteiger partial charge on any atom is -0.496 e. The van der Waals surface area contributed by atoms with Crippen LogP contribution in [-0.2, 0) is 23.1 Å². The molecular formula is C17H15F3N2O4S. The van der Waals surface area contributed by atoms with Gasteiger partial charge in [-0.3, -0.25) is 9.52 Å². The SMILES string of the molecule is COc1cccc2c1C(=O)N(Cc1ccc(NS(=O)(=O)C(F)(F)F)cc1)C2. The zero-order valence-corrected chi connectivity index (χ0v) is 14.9. The van der Waals surface area contributed by atoms with Gasteiger partial charge in [-0.1, -0.05) is 24.3 Å². The third kappa shape index (κ3) is 3.70. The summed E-state index contributed by atoms with van der Waals surface area (Å²) in [7, 11) is -3.99. The van der Waals surface area contributed by atoms with Crippen molar-refractivity contribution >= 4 is 21.6 Å². The fourth-order valence-electron chi connectivity index (χ4n) is 2.80. The molecule has 0 radical (unpaired) electrons. The molecule has 0 aliphatic carbocycles. The van der Waals surface area contributed by atoms with Gasteiger partial charge in [-0.25, -0.2) is 0 Å². The van der Waals surface area contributed by atoms with E-state index in [1.807, 2.05) is 6.07 Å². The highest BCUT2D eigenvalue weighted by atomic mass is 32.2. The number of halogens is 3. The first kappa shape index (κ1) is 19.0. The largest absolute Gasteiger partial charge is 0.516 e. The fourth-order valence-corrected chi connectivity index (χ4v) is 3.36. The van der Waals surface area contributed by atoms with Crippen LogP contribution in [0.2, 0.25) is 0 Å². The van der Waals surface area contributed by atoms with Gasteiger partial charge in [0.05, 0.1) is 12.7 Å². The number of sulfonamides is 1. The highest BCUT2D eigenvalue weighted by molar-refractivity contribution is 7.93. The van der Waals surface area contributed by atoms with Crippen molar-refractivity contribution in [2.24, 2.45) is 0 Å². The Balaban J connectivity index is 1.72. The number of anilines is 1. The van der Waals surface area contributed by atoms with Crippen LogP contribution in [0.25, 0.3) is 0 Å². The number of hydrogen-bond donors (Lipinski definition) is 1. The number of nitrogens with zero attached hydrogens (tertiary/aromatic N) is 1. The van der Waals surface area contributed by atoms with E-state index in [0.717, 1.165) is 5.56 Å². The van der Waals surface area contributed by atoms with Gasteiger partial charge < -0.3 is 9.64 Å². The standard InChI is InChI=1S/C17H15F3N2O4S/c1-26-14-4-2-3-12-10-22(16(23)15(12)14)9-11-5-7-13(8-6-11)21-27(24,25)17(18,19)20/h2-8,21H,9-10H2,1H3. The van der Waals surface area contributed by atoms with Crippen molar-refractivity contribution in [3.05, 3.63) is 59.2 Å². The topological polar surface area (TPSA) is 75.7 Å². The van der Waals surface area contributed by atoms with E-state index < -0.39 is 15.5 Å². The van der Waals surface area contributed by atoms with Crippen molar-refractivity contribution < 1.29 is 31.1 Å². The lowest BCUT2D eigenvalue weighted by molar-refractivity contribution is -0.0429. The molecule has 0 aromatic heterocycles. The maximum Gasteiger partial charge on any atom is 0.516 e. The number of nitrogens with one attached hydrogen (secondary N) is 1. The van der Waals surface area contributed by atoms with Gasteiger partial charge in [0.25, 0.3) is 5.91 Å². The number of alkyl halides is 3. The smallest absolute Gasteiger partial charge is 0.496 e. The number of fused-ring (bicyclic) bond motifs is 1. The van der Waals surface area contributed by atoms with Gasteiger partial charge in [0, 0.05) is 18.8 Å². The average molecular weight is 400 g/mol. The minimum atomic E-state index is -5.47. The van der Waals surface area contributed by atoms with Crippen LogP contribution < -0.4 is 9.46 Å². The normalized spacial score (nSPS) is 14.2. The molecule has 0 unspecified atom stereocenters. The average Bonchev–Trinajstić information content (AvgIpc) is 2.91. The van der Waals surface area contributed by atoms with Crippen LogP contribution in [0.5, 0.6) is 5.75 Å². The van der Waals surface area contributed by atoms with E-state index in [0.29, 0.717) is 23.4 Å². The van der Waals surface area contributed by atoms with Crippen LogP contribution in [0.3, 0.4) is 0 Å². The number of hydrogen-bond acceptors (Lipinski definition) is 4. The maximum absolute atomic E-state index is 12.6. The first-order valence-corrected chi connectivity index (χ1v) is 9.24. The van der Waals surface area contributed by atoms with Gasteiger partial charge in [-0.2, -0.15) is 21.6 Å². The Morgan fingerprint density at radius 3 is 2.41 bits per heavy atom. The summed E-state index contributed by atoms with van der Waals surface area (Å²) in [4.78, 5) is 14.1. The molecule has 1 aliphatic rings. The van der Waals surface area contributed by atoms with Gasteiger partial charge in [0.15, 0.2) is 0 Å². The lowest BCUT2D eigenvalue weighted by Gasteiger charge is -2.16. The molecule has 1 heterocycles. The molecule has 1 amide bonds. The first-order valence-electron chi connectivity index (χ1n) is 7.75. The molecular weight excluding hydrogens is 385 g/mol. The molecule has 2 aromatic carbocycles. The number of carbonyl (C=O) groups excluding carboxylic acids is 1. The molecule has 27 heavy (non-hydrogen) atoms. The Morgan fingerprint density at radius 1 is 1.15 bits per heavy atom. The summed E-state index contributed by atoms with van der Waals surface area (Å²) >= 11 is 0. The molecule has 0 bridgehead atoms.